The van der Waals surface area contributed by atoms with Gasteiger partial charge in [0.15, 0.2) is 0 Å². The standard InChI is InChI=1S/C12H14Br3FN2O.2ClH/c13-7-5-8(14)12(19)11(15)10(7)9(6-16)18-3-1-17-2-4-18;;/h5,9,17,19H,1-4,6H2;2*1H/t9-;;/m0../s1. The van der Waals surface area contributed by atoms with E-state index in [1.165, 1.54) is 0 Å². The Balaban J connectivity index is 0.00000200. The van der Waals surface area contributed by atoms with Crippen molar-refractivity contribution in [3.05, 3.63) is 25.0 Å². The van der Waals surface area contributed by atoms with Crippen LogP contribution in [-0.4, -0.2) is 42.9 Å². The number of halogens is 6. The summed E-state index contributed by atoms with van der Waals surface area (Å²) in [7, 11) is 0. The van der Waals surface area contributed by atoms with E-state index in [4.69, 9.17) is 0 Å². The third-order valence-electron chi connectivity index (χ3n) is 3.25. The Morgan fingerprint density at radius 1 is 1.19 bits per heavy atom. The molecule has 0 unspecified atom stereocenters. The summed E-state index contributed by atoms with van der Waals surface area (Å²) in [5.74, 6) is 0.104. The second-order valence-electron chi connectivity index (χ2n) is 4.37. The summed E-state index contributed by atoms with van der Waals surface area (Å²) in [6, 6.07) is 1.39. The van der Waals surface area contributed by atoms with Gasteiger partial charge in [-0.1, -0.05) is 15.9 Å². The van der Waals surface area contributed by atoms with Crippen molar-refractivity contribution in [3.8, 4) is 5.75 Å². The highest BCUT2D eigenvalue weighted by molar-refractivity contribution is 9.11. The molecule has 122 valence electrons. The van der Waals surface area contributed by atoms with Crippen molar-refractivity contribution < 1.29 is 9.50 Å². The molecule has 1 aliphatic heterocycles. The lowest BCUT2D eigenvalue weighted by Gasteiger charge is -2.34. The van der Waals surface area contributed by atoms with Crippen LogP contribution >= 0.6 is 72.6 Å². The summed E-state index contributed by atoms with van der Waals surface area (Å²) >= 11 is 10.1. The highest BCUT2D eigenvalue weighted by Gasteiger charge is 2.27. The molecule has 1 atom stereocenters. The van der Waals surface area contributed by atoms with Crippen molar-refractivity contribution in [3.63, 3.8) is 0 Å². The SMILES string of the molecule is Cl.Cl.Oc1c(Br)cc(Br)c([C@H](CF)N2CCNCC2)c1Br. The molecule has 2 rings (SSSR count). The molecule has 1 aromatic carbocycles. The first kappa shape index (κ1) is 21.9. The lowest BCUT2D eigenvalue weighted by molar-refractivity contribution is 0.146. The minimum atomic E-state index is -0.488. The van der Waals surface area contributed by atoms with Crippen molar-refractivity contribution in [1.82, 2.24) is 10.2 Å². The van der Waals surface area contributed by atoms with Crippen LogP contribution in [-0.2, 0) is 0 Å². The molecular weight excluding hydrogens is 518 g/mol. The lowest BCUT2D eigenvalue weighted by Crippen LogP contribution is -2.45. The van der Waals surface area contributed by atoms with Gasteiger partial charge in [-0.15, -0.1) is 24.8 Å². The molecule has 9 heteroatoms. The zero-order chi connectivity index (χ0) is 14.0. The van der Waals surface area contributed by atoms with Crippen molar-refractivity contribution in [1.29, 1.82) is 0 Å². The summed E-state index contributed by atoms with van der Waals surface area (Å²) in [6.07, 6.45) is 0. The smallest absolute Gasteiger partial charge is 0.144 e. The number of phenols is 1. The summed E-state index contributed by atoms with van der Waals surface area (Å²) in [5, 5.41) is 13.2. The molecular formula is C12H16Br3Cl2FN2O. The van der Waals surface area contributed by atoms with Gasteiger partial charge in [0.2, 0.25) is 0 Å². The molecule has 1 heterocycles. The van der Waals surface area contributed by atoms with Crippen LogP contribution in [0.2, 0.25) is 0 Å². The van der Waals surface area contributed by atoms with E-state index in [1.807, 2.05) is 0 Å². The molecule has 0 spiro atoms. The summed E-state index contributed by atoms with van der Waals surface area (Å²) in [5.41, 5.74) is 0.755. The highest BCUT2D eigenvalue weighted by atomic mass is 79.9. The largest absolute Gasteiger partial charge is 0.506 e. The summed E-state index contributed by atoms with van der Waals surface area (Å²) in [6.45, 7) is 2.81. The molecule has 1 aromatic rings. The van der Waals surface area contributed by atoms with Crippen LogP contribution in [0.25, 0.3) is 0 Å². The van der Waals surface area contributed by atoms with Crippen LogP contribution in [0.4, 0.5) is 4.39 Å². The molecule has 0 radical (unpaired) electrons. The van der Waals surface area contributed by atoms with Gasteiger partial charge in [0.25, 0.3) is 0 Å². The van der Waals surface area contributed by atoms with Gasteiger partial charge in [-0.2, -0.15) is 0 Å². The van der Waals surface area contributed by atoms with Gasteiger partial charge in [-0.25, -0.2) is 4.39 Å². The van der Waals surface area contributed by atoms with Crippen LogP contribution in [0.15, 0.2) is 19.5 Å². The summed E-state index contributed by atoms with van der Waals surface area (Å²) in [4.78, 5) is 2.09. The molecule has 0 aromatic heterocycles. The molecule has 0 bridgehead atoms. The average molecular weight is 534 g/mol. The number of aromatic hydroxyl groups is 1. The number of nitrogens with zero attached hydrogens (tertiary/aromatic N) is 1. The second-order valence-corrected chi connectivity index (χ2v) is 6.87. The quantitative estimate of drug-likeness (QED) is 0.603. The van der Waals surface area contributed by atoms with Crippen molar-refractivity contribution in [2.24, 2.45) is 0 Å². The van der Waals surface area contributed by atoms with E-state index in [0.29, 0.717) is 8.95 Å². The van der Waals surface area contributed by atoms with Crippen LogP contribution in [0, 0.1) is 0 Å². The molecule has 0 amide bonds. The molecule has 2 N–H and O–H groups in total. The number of rotatable bonds is 3. The van der Waals surface area contributed by atoms with Gasteiger partial charge in [0, 0.05) is 36.2 Å². The van der Waals surface area contributed by atoms with Gasteiger partial charge < -0.3 is 10.4 Å². The molecule has 0 aliphatic carbocycles. The van der Waals surface area contributed by atoms with Gasteiger partial charge >= 0.3 is 0 Å². The molecule has 1 fully saturated rings. The zero-order valence-corrected chi connectivity index (χ0v) is 17.3. The third kappa shape index (κ3) is 4.93. The average Bonchev–Trinajstić information content (AvgIpc) is 2.42. The fourth-order valence-corrected chi connectivity index (χ4v) is 4.90. The first-order chi connectivity index (χ1) is 9.06. The van der Waals surface area contributed by atoms with E-state index < -0.39 is 6.67 Å². The number of alkyl halides is 1. The van der Waals surface area contributed by atoms with Gasteiger partial charge in [0.1, 0.15) is 12.4 Å². The number of hydrogen-bond acceptors (Lipinski definition) is 3. The van der Waals surface area contributed by atoms with Gasteiger partial charge in [0.05, 0.1) is 15.0 Å². The van der Waals surface area contributed by atoms with E-state index in [1.54, 1.807) is 6.07 Å². The molecule has 3 nitrogen and oxygen atoms in total. The van der Waals surface area contributed by atoms with E-state index >= 15 is 0 Å². The van der Waals surface area contributed by atoms with Crippen molar-refractivity contribution >= 4 is 72.6 Å². The van der Waals surface area contributed by atoms with Crippen LogP contribution in [0.1, 0.15) is 11.6 Å². The lowest BCUT2D eigenvalue weighted by atomic mass is 10.1. The predicted molar refractivity (Wildman–Crippen MR) is 98.9 cm³/mol. The topological polar surface area (TPSA) is 35.5 Å². The minimum absolute atomic E-state index is 0. The second kappa shape index (κ2) is 9.90. The van der Waals surface area contributed by atoms with Crippen LogP contribution in [0.5, 0.6) is 5.75 Å². The first-order valence-electron chi connectivity index (χ1n) is 5.93. The monoisotopic (exact) mass is 530 g/mol. The Bertz CT molecular complexity index is 476. The third-order valence-corrected chi connectivity index (χ3v) is 5.32. The minimum Gasteiger partial charge on any atom is -0.506 e. The normalized spacial score (nSPS) is 16.8. The predicted octanol–water partition coefficient (Wildman–Crippen LogP) is 4.44. The van der Waals surface area contributed by atoms with Crippen molar-refractivity contribution in [2.75, 3.05) is 32.9 Å². The number of benzene rings is 1. The van der Waals surface area contributed by atoms with E-state index in [2.05, 4.69) is 58.0 Å². The number of phenolic OH excluding ortho intramolecular Hbond substituents is 1. The number of hydrogen-bond donors (Lipinski definition) is 2. The molecule has 1 aliphatic rings. The van der Waals surface area contributed by atoms with Crippen LogP contribution in [0.3, 0.4) is 0 Å². The maximum absolute atomic E-state index is 13.5. The van der Waals surface area contributed by atoms with E-state index in [0.717, 1.165) is 36.2 Å². The maximum Gasteiger partial charge on any atom is 0.144 e. The van der Waals surface area contributed by atoms with Crippen LogP contribution < -0.4 is 5.32 Å². The zero-order valence-electron chi connectivity index (χ0n) is 10.9. The fraction of sp³-hybridized carbons (Fsp3) is 0.500. The Morgan fingerprint density at radius 2 is 1.76 bits per heavy atom. The highest BCUT2D eigenvalue weighted by Crippen LogP contribution is 2.43. The Kier molecular flexibility index (Phi) is 10.3. The summed E-state index contributed by atoms with van der Waals surface area (Å²) < 4.78 is 15.4. The number of piperazine rings is 1. The van der Waals surface area contributed by atoms with E-state index in [9.17, 15) is 9.50 Å². The van der Waals surface area contributed by atoms with Crippen molar-refractivity contribution in [2.45, 2.75) is 6.04 Å². The Hall–Kier alpha value is 0.890. The fourth-order valence-electron chi connectivity index (χ4n) is 2.25. The first-order valence-corrected chi connectivity index (χ1v) is 8.31. The molecule has 21 heavy (non-hydrogen) atoms. The van der Waals surface area contributed by atoms with Gasteiger partial charge in [-0.3, -0.25) is 4.90 Å². The molecule has 1 saturated heterocycles. The number of nitrogens with one attached hydrogen (secondary N) is 1. The van der Waals surface area contributed by atoms with E-state index in [-0.39, 0.29) is 36.6 Å². The Morgan fingerprint density at radius 3 is 2.29 bits per heavy atom. The Labute approximate surface area is 161 Å². The van der Waals surface area contributed by atoms with Gasteiger partial charge in [-0.05, 0) is 37.9 Å². The molecule has 0 saturated carbocycles. The maximum atomic E-state index is 13.5.